The summed E-state index contributed by atoms with van der Waals surface area (Å²) in [5.74, 6) is 2.37. The lowest BCUT2D eigenvalue weighted by Gasteiger charge is -2.26. The second kappa shape index (κ2) is 4.73. The molecule has 0 unspecified atom stereocenters. The van der Waals surface area contributed by atoms with Gasteiger partial charge < -0.3 is 10.6 Å². The standard InChI is InChI=1S/C13H19N7/c1-13(2,9-4-5-9)19-11-16-10(14-3)17-12(18-11)20-7-6-15-8-20/h6-9H,4-5H2,1-3H3,(H2,14,16,17,18,19). The molecule has 20 heavy (non-hydrogen) atoms. The van der Waals surface area contributed by atoms with Gasteiger partial charge in [-0.15, -0.1) is 0 Å². The molecule has 0 saturated heterocycles. The number of anilines is 2. The van der Waals surface area contributed by atoms with Crippen LogP contribution in [0.2, 0.25) is 0 Å². The predicted molar refractivity (Wildman–Crippen MR) is 76.9 cm³/mol. The molecule has 0 aromatic carbocycles. The first-order chi connectivity index (χ1) is 9.58. The highest BCUT2D eigenvalue weighted by atomic mass is 15.3. The van der Waals surface area contributed by atoms with E-state index in [2.05, 4.69) is 44.4 Å². The van der Waals surface area contributed by atoms with Crippen molar-refractivity contribution in [1.82, 2.24) is 24.5 Å². The topological polar surface area (TPSA) is 80.5 Å². The second-order valence-corrected chi connectivity index (χ2v) is 5.62. The fraction of sp³-hybridized carbons (Fsp3) is 0.538. The molecule has 2 N–H and O–H groups in total. The van der Waals surface area contributed by atoms with Crippen molar-refractivity contribution in [2.24, 2.45) is 5.92 Å². The van der Waals surface area contributed by atoms with E-state index in [1.165, 1.54) is 12.8 Å². The summed E-state index contributed by atoms with van der Waals surface area (Å²) in [6, 6.07) is 0. The van der Waals surface area contributed by atoms with Gasteiger partial charge in [0.15, 0.2) is 0 Å². The van der Waals surface area contributed by atoms with Gasteiger partial charge in [0.1, 0.15) is 6.33 Å². The molecular formula is C13H19N7. The molecule has 0 spiro atoms. The first-order valence-corrected chi connectivity index (χ1v) is 6.79. The average molecular weight is 273 g/mol. The summed E-state index contributed by atoms with van der Waals surface area (Å²) in [6.07, 6.45) is 7.70. The van der Waals surface area contributed by atoms with E-state index in [9.17, 15) is 0 Å². The summed E-state index contributed by atoms with van der Waals surface area (Å²) in [7, 11) is 1.79. The van der Waals surface area contributed by atoms with E-state index in [0.29, 0.717) is 23.8 Å². The minimum absolute atomic E-state index is 0.00142. The van der Waals surface area contributed by atoms with Crippen molar-refractivity contribution in [1.29, 1.82) is 0 Å². The molecule has 1 aliphatic carbocycles. The SMILES string of the molecule is CNc1nc(NC(C)(C)C2CC2)nc(-n2ccnc2)n1. The quantitative estimate of drug-likeness (QED) is 0.863. The van der Waals surface area contributed by atoms with Gasteiger partial charge in [-0.2, -0.15) is 15.0 Å². The molecule has 7 nitrogen and oxygen atoms in total. The van der Waals surface area contributed by atoms with E-state index >= 15 is 0 Å². The molecule has 0 bridgehead atoms. The first kappa shape index (κ1) is 12.8. The van der Waals surface area contributed by atoms with Crippen LogP contribution in [-0.2, 0) is 0 Å². The molecule has 7 heteroatoms. The molecule has 2 aromatic heterocycles. The van der Waals surface area contributed by atoms with Gasteiger partial charge in [-0.3, -0.25) is 4.57 Å². The average Bonchev–Trinajstić information content (AvgIpc) is 3.15. The molecule has 2 aromatic rings. The first-order valence-electron chi connectivity index (χ1n) is 6.79. The zero-order chi connectivity index (χ0) is 14.2. The largest absolute Gasteiger partial charge is 0.357 e. The number of nitrogens with one attached hydrogen (secondary N) is 2. The maximum atomic E-state index is 4.47. The highest BCUT2D eigenvalue weighted by molar-refractivity contribution is 5.39. The molecule has 3 rings (SSSR count). The van der Waals surface area contributed by atoms with Crippen LogP contribution in [-0.4, -0.2) is 37.1 Å². The zero-order valence-electron chi connectivity index (χ0n) is 12.0. The molecule has 1 aliphatic rings. The van der Waals surface area contributed by atoms with Crippen LogP contribution in [0, 0.1) is 5.92 Å². The lowest BCUT2D eigenvalue weighted by molar-refractivity contribution is 0.490. The van der Waals surface area contributed by atoms with Crippen LogP contribution < -0.4 is 10.6 Å². The Morgan fingerprint density at radius 3 is 2.55 bits per heavy atom. The summed E-state index contributed by atoms with van der Waals surface area (Å²) in [6.45, 7) is 4.37. The molecule has 106 valence electrons. The normalized spacial score (nSPS) is 15.2. The molecule has 2 heterocycles. The van der Waals surface area contributed by atoms with Crippen LogP contribution in [0.5, 0.6) is 0 Å². The molecule has 0 amide bonds. The van der Waals surface area contributed by atoms with E-state index in [4.69, 9.17) is 0 Å². The Hall–Kier alpha value is -2.18. The van der Waals surface area contributed by atoms with Gasteiger partial charge >= 0.3 is 0 Å². The third kappa shape index (κ3) is 2.56. The number of hydrogen-bond donors (Lipinski definition) is 2. The number of hydrogen-bond acceptors (Lipinski definition) is 6. The van der Waals surface area contributed by atoms with E-state index < -0.39 is 0 Å². The van der Waals surface area contributed by atoms with Crippen LogP contribution in [0.25, 0.3) is 5.95 Å². The molecule has 0 atom stereocenters. The monoisotopic (exact) mass is 273 g/mol. The zero-order valence-corrected chi connectivity index (χ0v) is 12.0. The Balaban J connectivity index is 1.92. The van der Waals surface area contributed by atoms with Crippen molar-refractivity contribution >= 4 is 11.9 Å². The van der Waals surface area contributed by atoms with Gasteiger partial charge in [0.05, 0.1) is 0 Å². The minimum Gasteiger partial charge on any atom is -0.357 e. The smallest absolute Gasteiger partial charge is 0.241 e. The Morgan fingerprint density at radius 1 is 1.20 bits per heavy atom. The van der Waals surface area contributed by atoms with Gasteiger partial charge in [-0.1, -0.05) is 0 Å². The lowest BCUT2D eigenvalue weighted by Crippen LogP contribution is -2.34. The fourth-order valence-electron chi connectivity index (χ4n) is 2.22. The lowest BCUT2D eigenvalue weighted by atomic mass is 9.99. The third-order valence-electron chi connectivity index (χ3n) is 3.61. The number of rotatable bonds is 5. The summed E-state index contributed by atoms with van der Waals surface area (Å²) < 4.78 is 1.76. The van der Waals surface area contributed by atoms with Crippen molar-refractivity contribution in [3.05, 3.63) is 18.7 Å². The minimum atomic E-state index is -0.00142. The van der Waals surface area contributed by atoms with Crippen molar-refractivity contribution in [2.75, 3.05) is 17.7 Å². The van der Waals surface area contributed by atoms with E-state index in [1.807, 2.05) is 6.20 Å². The van der Waals surface area contributed by atoms with Crippen molar-refractivity contribution in [2.45, 2.75) is 32.2 Å². The molecular weight excluding hydrogens is 254 g/mol. The molecule has 0 radical (unpaired) electrons. The maximum absolute atomic E-state index is 4.47. The van der Waals surface area contributed by atoms with Crippen molar-refractivity contribution in [3.8, 4) is 5.95 Å². The number of nitrogens with zero attached hydrogens (tertiary/aromatic N) is 5. The second-order valence-electron chi connectivity index (χ2n) is 5.62. The maximum Gasteiger partial charge on any atom is 0.241 e. The third-order valence-corrected chi connectivity index (χ3v) is 3.61. The highest BCUT2D eigenvalue weighted by Crippen LogP contribution is 2.40. The molecule has 1 saturated carbocycles. The Bertz CT molecular complexity index is 587. The van der Waals surface area contributed by atoms with Gasteiger partial charge in [-0.25, -0.2) is 4.98 Å². The van der Waals surface area contributed by atoms with E-state index in [1.54, 1.807) is 24.1 Å². The van der Waals surface area contributed by atoms with Gasteiger partial charge in [0.2, 0.25) is 17.8 Å². The van der Waals surface area contributed by atoms with Crippen LogP contribution in [0.3, 0.4) is 0 Å². The molecule has 1 fully saturated rings. The predicted octanol–water partition coefficient (Wildman–Crippen LogP) is 1.70. The highest BCUT2D eigenvalue weighted by Gasteiger charge is 2.38. The van der Waals surface area contributed by atoms with Crippen LogP contribution in [0.4, 0.5) is 11.9 Å². The number of imidazole rings is 1. The fourth-order valence-corrected chi connectivity index (χ4v) is 2.22. The summed E-state index contributed by atoms with van der Waals surface area (Å²) in [5.41, 5.74) is -0.00142. The van der Waals surface area contributed by atoms with E-state index in [0.717, 1.165) is 0 Å². The van der Waals surface area contributed by atoms with Crippen LogP contribution >= 0.6 is 0 Å². The van der Waals surface area contributed by atoms with Gasteiger partial charge in [-0.05, 0) is 32.6 Å². The van der Waals surface area contributed by atoms with Gasteiger partial charge in [0.25, 0.3) is 0 Å². The Labute approximate surface area is 117 Å². The van der Waals surface area contributed by atoms with Crippen molar-refractivity contribution < 1.29 is 0 Å². The Kier molecular flexibility index (Phi) is 3.04. The van der Waals surface area contributed by atoms with Crippen LogP contribution in [0.1, 0.15) is 26.7 Å². The van der Waals surface area contributed by atoms with Crippen LogP contribution in [0.15, 0.2) is 18.7 Å². The summed E-state index contributed by atoms with van der Waals surface area (Å²) in [4.78, 5) is 17.2. The summed E-state index contributed by atoms with van der Waals surface area (Å²) in [5, 5.41) is 6.39. The van der Waals surface area contributed by atoms with Gasteiger partial charge in [0, 0.05) is 25.0 Å². The number of aromatic nitrogens is 5. The molecule has 0 aliphatic heterocycles. The van der Waals surface area contributed by atoms with E-state index in [-0.39, 0.29) is 5.54 Å². The summed E-state index contributed by atoms with van der Waals surface area (Å²) >= 11 is 0. The van der Waals surface area contributed by atoms with Crippen molar-refractivity contribution in [3.63, 3.8) is 0 Å². The Morgan fingerprint density at radius 2 is 1.95 bits per heavy atom.